The van der Waals surface area contributed by atoms with Crippen molar-refractivity contribution in [2.75, 3.05) is 20.2 Å². The van der Waals surface area contributed by atoms with Gasteiger partial charge in [0, 0.05) is 12.5 Å². The van der Waals surface area contributed by atoms with Gasteiger partial charge in [0.05, 0.1) is 7.11 Å². The fourth-order valence-electron chi connectivity index (χ4n) is 2.13. The van der Waals surface area contributed by atoms with Gasteiger partial charge < -0.3 is 10.1 Å². The van der Waals surface area contributed by atoms with Crippen molar-refractivity contribution >= 4 is 0 Å². The predicted molar refractivity (Wildman–Crippen MR) is 57.8 cm³/mol. The molecule has 1 heterocycles. The normalized spacial score (nSPS) is 26.4. The lowest BCUT2D eigenvalue weighted by Crippen LogP contribution is -2.08. The van der Waals surface area contributed by atoms with Crippen molar-refractivity contribution in [3.05, 3.63) is 29.8 Å². The van der Waals surface area contributed by atoms with Crippen molar-refractivity contribution in [3.63, 3.8) is 0 Å². The SMILES string of the molecule is COc1cccc([C@H]2CNC[C@@H]2C)c1. The lowest BCUT2D eigenvalue weighted by atomic mass is 9.90. The molecule has 0 unspecified atom stereocenters. The Morgan fingerprint density at radius 1 is 1.36 bits per heavy atom. The summed E-state index contributed by atoms with van der Waals surface area (Å²) in [6.45, 7) is 4.51. The maximum absolute atomic E-state index is 5.23. The van der Waals surface area contributed by atoms with Crippen molar-refractivity contribution < 1.29 is 4.74 Å². The van der Waals surface area contributed by atoms with Crippen LogP contribution in [0.1, 0.15) is 18.4 Å². The van der Waals surface area contributed by atoms with E-state index in [2.05, 4.69) is 30.4 Å². The van der Waals surface area contributed by atoms with Crippen molar-refractivity contribution in [3.8, 4) is 5.75 Å². The first kappa shape index (κ1) is 9.53. The second-order valence-corrected chi connectivity index (χ2v) is 4.02. The fourth-order valence-corrected chi connectivity index (χ4v) is 2.13. The Bertz CT molecular complexity index is 311. The van der Waals surface area contributed by atoms with Gasteiger partial charge in [0.15, 0.2) is 0 Å². The number of hydrogen-bond acceptors (Lipinski definition) is 2. The van der Waals surface area contributed by atoms with E-state index < -0.39 is 0 Å². The minimum absolute atomic E-state index is 0.644. The van der Waals surface area contributed by atoms with E-state index in [0.29, 0.717) is 5.92 Å². The van der Waals surface area contributed by atoms with Crippen LogP contribution in [0.3, 0.4) is 0 Å². The molecule has 2 rings (SSSR count). The fraction of sp³-hybridized carbons (Fsp3) is 0.500. The van der Waals surface area contributed by atoms with Gasteiger partial charge in [0.2, 0.25) is 0 Å². The van der Waals surface area contributed by atoms with Gasteiger partial charge in [-0.05, 0) is 30.2 Å². The minimum Gasteiger partial charge on any atom is -0.497 e. The maximum atomic E-state index is 5.23. The van der Waals surface area contributed by atoms with Crippen molar-refractivity contribution in [2.24, 2.45) is 5.92 Å². The Hall–Kier alpha value is -1.02. The van der Waals surface area contributed by atoms with Crippen molar-refractivity contribution in [1.29, 1.82) is 0 Å². The molecule has 2 nitrogen and oxygen atoms in total. The molecular formula is C12H17NO. The minimum atomic E-state index is 0.644. The van der Waals surface area contributed by atoms with E-state index in [9.17, 15) is 0 Å². The second kappa shape index (κ2) is 4.01. The smallest absolute Gasteiger partial charge is 0.119 e. The summed E-state index contributed by atoms with van der Waals surface area (Å²) in [5.41, 5.74) is 1.39. The molecule has 2 heteroatoms. The second-order valence-electron chi connectivity index (χ2n) is 4.02. The highest BCUT2D eigenvalue weighted by atomic mass is 16.5. The van der Waals surface area contributed by atoms with Gasteiger partial charge in [-0.2, -0.15) is 0 Å². The summed E-state index contributed by atoms with van der Waals surface area (Å²) in [4.78, 5) is 0. The van der Waals surface area contributed by atoms with E-state index in [4.69, 9.17) is 4.74 Å². The van der Waals surface area contributed by atoms with E-state index >= 15 is 0 Å². The number of nitrogens with one attached hydrogen (secondary N) is 1. The molecule has 0 amide bonds. The molecule has 76 valence electrons. The highest BCUT2D eigenvalue weighted by Crippen LogP contribution is 2.29. The highest BCUT2D eigenvalue weighted by Gasteiger charge is 2.24. The summed E-state index contributed by atoms with van der Waals surface area (Å²) >= 11 is 0. The first-order valence-corrected chi connectivity index (χ1v) is 5.16. The van der Waals surface area contributed by atoms with Gasteiger partial charge >= 0.3 is 0 Å². The molecule has 1 aliphatic heterocycles. The monoisotopic (exact) mass is 191 g/mol. The van der Waals surface area contributed by atoms with Gasteiger partial charge in [0.1, 0.15) is 5.75 Å². The molecule has 14 heavy (non-hydrogen) atoms. The average Bonchev–Trinajstić information content (AvgIpc) is 2.65. The van der Waals surface area contributed by atoms with Gasteiger partial charge in [-0.1, -0.05) is 19.1 Å². The third-order valence-corrected chi connectivity index (χ3v) is 3.04. The van der Waals surface area contributed by atoms with Crippen LogP contribution in [-0.4, -0.2) is 20.2 Å². The van der Waals surface area contributed by atoms with Gasteiger partial charge in [-0.3, -0.25) is 0 Å². The quantitative estimate of drug-likeness (QED) is 0.772. The molecule has 0 bridgehead atoms. The summed E-state index contributed by atoms with van der Waals surface area (Å²) in [5.74, 6) is 2.33. The summed E-state index contributed by atoms with van der Waals surface area (Å²) in [6.07, 6.45) is 0. The number of hydrogen-bond donors (Lipinski definition) is 1. The molecule has 0 radical (unpaired) electrons. The van der Waals surface area contributed by atoms with E-state index in [0.717, 1.165) is 24.8 Å². The summed E-state index contributed by atoms with van der Waals surface area (Å²) in [7, 11) is 1.72. The van der Waals surface area contributed by atoms with E-state index in [1.165, 1.54) is 5.56 Å². The van der Waals surface area contributed by atoms with Gasteiger partial charge in [-0.15, -0.1) is 0 Å². The molecule has 0 aliphatic carbocycles. The van der Waals surface area contributed by atoms with E-state index in [-0.39, 0.29) is 0 Å². The summed E-state index contributed by atoms with van der Waals surface area (Å²) < 4.78 is 5.23. The van der Waals surface area contributed by atoms with Crippen LogP contribution < -0.4 is 10.1 Å². The lowest BCUT2D eigenvalue weighted by Gasteiger charge is -2.15. The molecule has 1 N–H and O–H groups in total. The summed E-state index contributed by atoms with van der Waals surface area (Å²) in [6, 6.07) is 8.40. The van der Waals surface area contributed by atoms with Crippen LogP contribution >= 0.6 is 0 Å². The first-order valence-electron chi connectivity index (χ1n) is 5.16. The molecule has 0 saturated carbocycles. The van der Waals surface area contributed by atoms with Gasteiger partial charge in [0.25, 0.3) is 0 Å². The number of benzene rings is 1. The molecule has 1 saturated heterocycles. The van der Waals surface area contributed by atoms with Crippen molar-refractivity contribution in [1.82, 2.24) is 5.32 Å². The Morgan fingerprint density at radius 3 is 2.86 bits per heavy atom. The van der Waals surface area contributed by atoms with Crippen molar-refractivity contribution in [2.45, 2.75) is 12.8 Å². The third-order valence-electron chi connectivity index (χ3n) is 3.04. The van der Waals surface area contributed by atoms with E-state index in [1.54, 1.807) is 7.11 Å². The molecule has 2 atom stereocenters. The van der Waals surface area contributed by atoms with Gasteiger partial charge in [-0.25, -0.2) is 0 Å². The zero-order valence-electron chi connectivity index (χ0n) is 8.79. The molecule has 0 spiro atoms. The average molecular weight is 191 g/mol. The molecule has 1 aliphatic rings. The van der Waals surface area contributed by atoms with E-state index in [1.807, 2.05) is 6.07 Å². The number of methoxy groups -OCH3 is 1. The first-order chi connectivity index (χ1) is 6.81. The van der Waals surface area contributed by atoms with Crippen LogP contribution in [0.5, 0.6) is 5.75 Å². The molecule has 1 fully saturated rings. The summed E-state index contributed by atoms with van der Waals surface area (Å²) in [5, 5.41) is 3.42. The lowest BCUT2D eigenvalue weighted by molar-refractivity contribution is 0.413. The Morgan fingerprint density at radius 2 is 2.21 bits per heavy atom. The van der Waals surface area contributed by atoms with Crippen LogP contribution in [0.4, 0.5) is 0 Å². The maximum Gasteiger partial charge on any atom is 0.119 e. The molecule has 1 aromatic rings. The Balaban J connectivity index is 2.22. The molecule has 0 aromatic heterocycles. The molecular weight excluding hydrogens is 174 g/mol. The van der Waals surface area contributed by atoms with Crippen LogP contribution in [0.2, 0.25) is 0 Å². The van der Waals surface area contributed by atoms with Crippen LogP contribution in [0.15, 0.2) is 24.3 Å². The zero-order chi connectivity index (χ0) is 9.97. The Labute approximate surface area is 85.3 Å². The van der Waals surface area contributed by atoms with Crippen LogP contribution in [0, 0.1) is 5.92 Å². The predicted octanol–water partition coefficient (Wildman–Crippen LogP) is 2.02. The van der Waals surface area contributed by atoms with Crippen LogP contribution in [0.25, 0.3) is 0 Å². The third kappa shape index (κ3) is 1.75. The molecule has 1 aromatic carbocycles. The van der Waals surface area contributed by atoms with Crippen LogP contribution in [-0.2, 0) is 0 Å². The number of rotatable bonds is 2. The highest BCUT2D eigenvalue weighted by molar-refractivity contribution is 5.32. The Kier molecular flexibility index (Phi) is 2.73. The number of ether oxygens (including phenoxy) is 1. The topological polar surface area (TPSA) is 21.3 Å². The zero-order valence-corrected chi connectivity index (χ0v) is 8.79. The largest absolute Gasteiger partial charge is 0.497 e. The standard InChI is InChI=1S/C12H17NO/c1-9-7-13-8-12(9)10-4-3-5-11(6-10)14-2/h3-6,9,12-13H,7-8H2,1-2H3/t9-,12-/m0/s1.